The summed E-state index contributed by atoms with van der Waals surface area (Å²) in [5.41, 5.74) is 2.97. The summed E-state index contributed by atoms with van der Waals surface area (Å²) in [6.07, 6.45) is 12.0. The molecule has 8 heteroatoms. The SMILES string of the molecule is COC(=O)c1cc(Nc2nc(C)c3ccc(=O)n(C4=CC=CC=CC4)c3n2)cn1C. The fraction of sp³-hybridized carbons (Fsp3) is 0.182. The lowest BCUT2D eigenvalue weighted by atomic mass is 10.2. The van der Waals surface area contributed by atoms with Crippen LogP contribution in [0.2, 0.25) is 0 Å². The first kappa shape index (κ1) is 19.4. The number of allylic oxidation sites excluding steroid dienone is 6. The van der Waals surface area contributed by atoms with Crippen LogP contribution < -0.4 is 10.9 Å². The Morgan fingerprint density at radius 1 is 1.20 bits per heavy atom. The molecule has 0 amide bonds. The average Bonchev–Trinajstić information content (AvgIpc) is 2.91. The molecule has 1 aliphatic rings. The molecule has 0 bridgehead atoms. The molecule has 8 nitrogen and oxygen atoms in total. The van der Waals surface area contributed by atoms with Gasteiger partial charge < -0.3 is 14.6 Å². The number of hydrogen-bond acceptors (Lipinski definition) is 6. The van der Waals surface area contributed by atoms with E-state index in [1.165, 1.54) is 13.2 Å². The van der Waals surface area contributed by atoms with Gasteiger partial charge in [-0.15, -0.1) is 0 Å². The van der Waals surface area contributed by atoms with Gasteiger partial charge in [0.1, 0.15) is 5.69 Å². The van der Waals surface area contributed by atoms with E-state index in [-0.39, 0.29) is 5.56 Å². The third kappa shape index (κ3) is 3.55. The van der Waals surface area contributed by atoms with Crippen LogP contribution in [0, 0.1) is 6.92 Å². The number of hydrogen-bond donors (Lipinski definition) is 1. The molecule has 1 N–H and O–H groups in total. The minimum Gasteiger partial charge on any atom is -0.464 e. The van der Waals surface area contributed by atoms with E-state index in [2.05, 4.69) is 15.3 Å². The van der Waals surface area contributed by atoms with Gasteiger partial charge in [0.05, 0.1) is 18.5 Å². The van der Waals surface area contributed by atoms with Gasteiger partial charge in [0, 0.05) is 36.8 Å². The van der Waals surface area contributed by atoms with Gasteiger partial charge in [-0.25, -0.2) is 9.78 Å². The number of anilines is 2. The van der Waals surface area contributed by atoms with Crippen molar-refractivity contribution in [2.24, 2.45) is 7.05 Å². The Morgan fingerprint density at radius 3 is 2.83 bits per heavy atom. The Hall–Kier alpha value is -3.94. The van der Waals surface area contributed by atoms with Crippen LogP contribution >= 0.6 is 0 Å². The molecule has 0 fully saturated rings. The van der Waals surface area contributed by atoms with E-state index in [1.807, 2.05) is 37.3 Å². The van der Waals surface area contributed by atoms with Gasteiger partial charge in [0.2, 0.25) is 5.95 Å². The maximum Gasteiger partial charge on any atom is 0.354 e. The van der Waals surface area contributed by atoms with Crippen molar-refractivity contribution in [3.05, 3.63) is 76.5 Å². The number of pyridine rings is 1. The molecular formula is C22H21N5O3. The highest BCUT2D eigenvalue weighted by Crippen LogP contribution is 2.23. The quantitative estimate of drug-likeness (QED) is 0.672. The number of ether oxygens (including phenoxy) is 1. The third-order valence-electron chi connectivity index (χ3n) is 4.86. The molecule has 1 aliphatic carbocycles. The van der Waals surface area contributed by atoms with Crippen molar-refractivity contribution in [3.8, 4) is 0 Å². The van der Waals surface area contributed by atoms with Crippen LogP contribution in [0.3, 0.4) is 0 Å². The molecule has 0 saturated heterocycles. The normalized spacial score (nSPS) is 13.2. The van der Waals surface area contributed by atoms with Crippen LogP contribution in [-0.4, -0.2) is 32.2 Å². The van der Waals surface area contributed by atoms with E-state index in [0.717, 1.165) is 16.8 Å². The van der Waals surface area contributed by atoms with E-state index >= 15 is 0 Å². The predicted molar refractivity (Wildman–Crippen MR) is 116 cm³/mol. The van der Waals surface area contributed by atoms with E-state index in [4.69, 9.17) is 4.74 Å². The second-order valence-electron chi connectivity index (χ2n) is 6.89. The van der Waals surface area contributed by atoms with Crippen LogP contribution in [0.5, 0.6) is 0 Å². The Labute approximate surface area is 172 Å². The molecule has 3 heterocycles. The number of esters is 1. The first-order chi connectivity index (χ1) is 14.5. The van der Waals surface area contributed by atoms with E-state index in [1.54, 1.807) is 34.5 Å². The molecule has 0 radical (unpaired) electrons. The van der Waals surface area contributed by atoms with Crippen LogP contribution in [0.25, 0.3) is 16.7 Å². The van der Waals surface area contributed by atoms with Gasteiger partial charge >= 0.3 is 5.97 Å². The second-order valence-corrected chi connectivity index (χ2v) is 6.89. The van der Waals surface area contributed by atoms with Crippen molar-refractivity contribution in [2.75, 3.05) is 12.4 Å². The number of nitrogens with zero attached hydrogens (tertiary/aromatic N) is 4. The summed E-state index contributed by atoms with van der Waals surface area (Å²) in [5, 5.41) is 3.92. The van der Waals surface area contributed by atoms with E-state index in [9.17, 15) is 9.59 Å². The number of rotatable bonds is 4. The lowest BCUT2D eigenvalue weighted by Gasteiger charge is -2.14. The lowest BCUT2D eigenvalue weighted by Crippen LogP contribution is -2.20. The second kappa shape index (κ2) is 7.82. The van der Waals surface area contributed by atoms with Crippen molar-refractivity contribution in [3.63, 3.8) is 0 Å². The molecular weight excluding hydrogens is 382 g/mol. The lowest BCUT2D eigenvalue weighted by molar-refractivity contribution is 0.0590. The summed E-state index contributed by atoms with van der Waals surface area (Å²) in [4.78, 5) is 33.7. The minimum absolute atomic E-state index is 0.158. The van der Waals surface area contributed by atoms with Crippen molar-refractivity contribution in [1.82, 2.24) is 19.1 Å². The zero-order valence-corrected chi connectivity index (χ0v) is 16.9. The third-order valence-corrected chi connectivity index (χ3v) is 4.86. The van der Waals surface area contributed by atoms with Crippen LogP contribution in [0.15, 0.2) is 59.6 Å². The fourth-order valence-corrected chi connectivity index (χ4v) is 3.40. The standard InChI is InChI=1S/C22H21N5O3/c1-14-17-10-11-19(28)27(16-8-6-4-5-7-9-16)20(17)25-22(23-14)24-15-12-18(21(29)30-3)26(2)13-15/h4-8,10-13H,9H2,1-3H3,(H,23,24,25). The number of fused-ring (bicyclic) bond motifs is 1. The number of aromatic nitrogens is 4. The number of methoxy groups -OCH3 is 1. The number of carbonyl (C=O) groups excluding carboxylic acids is 1. The monoisotopic (exact) mass is 403 g/mol. The van der Waals surface area contributed by atoms with Gasteiger partial charge in [0.25, 0.3) is 5.56 Å². The molecule has 0 saturated carbocycles. The average molecular weight is 403 g/mol. The minimum atomic E-state index is -0.434. The maximum atomic E-state index is 12.7. The highest BCUT2D eigenvalue weighted by atomic mass is 16.5. The Kier molecular flexibility index (Phi) is 5.05. The van der Waals surface area contributed by atoms with Crippen molar-refractivity contribution in [2.45, 2.75) is 13.3 Å². The number of nitrogens with one attached hydrogen (secondary N) is 1. The van der Waals surface area contributed by atoms with Gasteiger partial charge in [0.15, 0.2) is 5.65 Å². The summed E-state index contributed by atoms with van der Waals surface area (Å²) in [6.45, 7) is 1.87. The summed E-state index contributed by atoms with van der Waals surface area (Å²) < 4.78 is 8.06. The van der Waals surface area contributed by atoms with Crippen LogP contribution in [0.4, 0.5) is 11.6 Å². The van der Waals surface area contributed by atoms with Crippen molar-refractivity contribution >= 4 is 34.3 Å². The molecule has 0 atom stereocenters. The molecule has 30 heavy (non-hydrogen) atoms. The molecule has 0 aromatic carbocycles. The Bertz CT molecular complexity index is 1290. The topological polar surface area (TPSA) is 91.0 Å². The van der Waals surface area contributed by atoms with Gasteiger partial charge in [-0.05, 0) is 25.1 Å². The molecule has 3 aromatic rings. The molecule has 152 valence electrons. The Morgan fingerprint density at radius 2 is 2.03 bits per heavy atom. The number of carbonyl (C=O) groups is 1. The highest BCUT2D eigenvalue weighted by molar-refractivity contribution is 5.89. The van der Waals surface area contributed by atoms with E-state index in [0.29, 0.717) is 29.4 Å². The molecule has 0 spiro atoms. The van der Waals surface area contributed by atoms with Gasteiger partial charge in [-0.1, -0.05) is 24.3 Å². The van der Waals surface area contributed by atoms with Crippen LogP contribution in [0.1, 0.15) is 22.6 Å². The zero-order valence-electron chi connectivity index (χ0n) is 16.9. The van der Waals surface area contributed by atoms with E-state index < -0.39 is 5.97 Å². The van der Waals surface area contributed by atoms with Crippen LogP contribution in [-0.2, 0) is 11.8 Å². The largest absolute Gasteiger partial charge is 0.464 e. The Balaban J connectivity index is 1.81. The number of aryl methyl sites for hydroxylation is 2. The fourth-order valence-electron chi connectivity index (χ4n) is 3.40. The summed E-state index contributed by atoms with van der Waals surface area (Å²) in [7, 11) is 3.09. The van der Waals surface area contributed by atoms with Gasteiger partial charge in [-0.2, -0.15) is 4.98 Å². The van der Waals surface area contributed by atoms with Crippen molar-refractivity contribution < 1.29 is 9.53 Å². The predicted octanol–water partition coefficient (Wildman–Crippen LogP) is 3.33. The maximum absolute atomic E-state index is 12.7. The molecule has 0 aliphatic heterocycles. The molecule has 0 unspecified atom stereocenters. The molecule has 3 aromatic heterocycles. The smallest absolute Gasteiger partial charge is 0.354 e. The summed E-state index contributed by atoms with van der Waals surface area (Å²) >= 11 is 0. The first-order valence-electron chi connectivity index (χ1n) is 9.43. The first-order valence-corrected chi connectivity index (χ1v) is 9.43. The zero-order chi connectivity index (χ0) is 21.3. The summed E-state index contributed by atoms with van der Waals surface area (Å²) in [6, 6.07) is 4.94. The van der Waals surface area contributed by atoms with Crippen molar-refractivity contribution in [1.29, 1.82) is 0 Å². The van der Waals surface area contributed by atoms with Gasteiger partial charge in [-0.3, -0.25) is 9.36 Å². The summed E-state index contributed by atoms with van der Waals surface area (Å²) in [5.74, 6) is -0.0990. The highest BCUT2D eigenvalue weighted by Gasteiger charge is 2.15. The molecule has 4 rings (SSSR count).